The molecule has 2 aromatic rings. The molecule has 0 bridgehead atoms. The van der Waals surface area contributed by atoms with E-state index in [1.54, 1.807) is 0 Å². The fourth-order valence-corrected chi connectivity index (χ4v) is 5.45. The Bertz CT molecular complexity index is 804. The Balaban J connectivity index is 1.34. The Morgan fingerprint density at radius 2 is 1.54 bits per heavy atom. The van der Waals surface area contributed by atoms with Gasteiger partial charge in [-0.2, -0.15) is 0 Å². The van der Waals surface area contributed by atoms with Gasteiger partial charge in [-0.05, 0) is 66.5 Å². The van der Waals surface area contributed by atoms with Crippen LogP contribution in [0.2, 0.25) is 0 Å². The third kappa shape index (κ3) is 3.68. The molecule has 3 aliphatic rings. The number of benzene rings is 2. The average molecular weight is 373 g/mol. The minimum Gasteiger partial charge on any atom is -0.300 e. The molecule has 0 aromatic heterocycles. The maximum Gasteiger partial charge on any atom is 0.0223 e. The smallest absolute Gasteiger partial charge is 0.0223 e. The number of aryl methyl sites for hydroxylation is 2. The normalized spacial score (nSPS) is 22.7. The van der Waals surface area contributed by atoms with Crippen LogP contribution in [0.1, 0.15) is 47.9 Å². The number of fused-ring (bicyclic) bond motifs is 3. The molecule has 0 spiro atoms. The van der Waals surface area contributed by atoms with Gasteiger partial charge in [-0.25, -0.2) is 0 Å². The van der Waals surface area contributed by atoms with Gasteiger partial charge in [-0.1, -0.05) is 61.0 Å². The van der Waals surface area contributed by atoms with Crippen molar-refractivity contribution in [2.24, 2.45) is 0 Å². The van der Waals surface area contributed by atoms with Crippen molar-refractivity contribution < 1.29 is 0 Å². The Kier molecular flexibility index (Phi) is 5.33. The number of nitrogens with zero attached hydrogens (tertiary/aromatic N) is 2. The average Bonchev–Trinajstić information content (AvgIpc) is 2.91. The summed E-state index contributed by atoms with van der Waals surface area (Å²) < 4.78 is 0. The summed E-state index contributed by atoms with van der Waals surface area (Å²) in [5.41, 5.74) is 7.36. The predicted molar refractivity (Wildman–Crippen MR) is 118 cm³/mol. The molecule has 2 heterocycles. The van der Waals surface area contributed by atoms with Crippen LogP contribution in [0.3, 0.4) is 0 Å². The second-order valence-electron chi connectivity index (χ2n) is 8.71. The van der Waals surface area contributed by atoms with Crippen molar-refractivity contribution >= 4 is 5.57 Å². The summed E-state index contributed by atoms with van der Waals surface area (Å²) in [5, 5.41) is 0. The van der Waals surface area contributed by atoms with Crippen LogP contribution in [0.5, 0.6) is 0 Å². The third-order valence-corrected chi connectivity index (χ3v) is 6.99. The Morgan fingerprint density at radius 3 is 2.29 bits per heavy atom. The zero-order valence-corrected chi connectivity index (χ0v) is 16.9. The minimum atomic E-state index is 0.814. The molecule has 0 N–H and O–H groups in total. The largest absolute Gasteiger partial charge is 0.300 e. The number of hydrogen-bond donors (Lipinski definition) is 0. The lowest BCUT2D eigenvalue weighted by Gasteiger charge is -2.44. The highest BCUT2D eigenvalue weighted by atomic mass is 15.3. The van der Waals surface area contributed by atoms with Crippen LogP contribution in [0.15, 0.2) is 54.6 Å². The number of rotatable bonds is 3. The Labute approximate surface area is 169 Å². The van der Waals surface area contributed by atoms with Crippen molar-refractivity contribution in [1.82, 2.24) is 9.80 Å². The molecule has 2 nitrogen and oxygen atoms in total. The zero-order valence-electron chi connectivity index (χ0n) is 16.9. The monoisotopic (exact) mass is 372 g/mol. The van der Waals surface area contributed by atoms with Gasteiger partial charge in [0.1, 0.15) is 0 Å². The maximum atomic E-state index is 2.73. The number of hydrogen-bond acceptors (Lipinski definition) is 2. The molecular weight excluding hydrogens is 340 g/mol. The Morgan fingerprint density at radius 1 is 0.821 bits per heavy atom. The third-order valence-electron chi connectivity index (χ3n) is 6.99. The van der Waals surface area contributed by atoms with Crippen LogP contribution in [0.4, 0.5) is 0 Å². The quantitative estimate of drug-likeness (QED) is 0.765. The number of piperidine rings is 1. The van der Waals surface area contributed by atoms with E-state index in [-0.39, 0.29) is 0 Å². The van der Waals surface area contributed by atoms with Crippen LogP contribution in [-0.2, 0) is 12.8 Å². The minimum absolute atomic E-state index is 0.814. The molecule has 0 amide bonds. The molecule has 1 aliphatic carbocycles. The van der Waals surface area contributed by atoms with Gasteiger partial charge >= 0.3 is 0 Å². The highest BCUT2D eigenvalue weighted by molar-refractivity contribution is 5.83. The van der Waals surface area contributed by atoms with Crippen molar-refractivity contribution in [2.45, 2.75) is 44.6 Å². The van der Waals surface area contributed by atoms with Crippen LogP contribution < -0.4 is 0 Å². The van der Waals surface area contributed by atoms with Gasteiger partial charge in [-0.15, -0.1) is 0 Å². The molecule has 2 fully saturated rings. The van der Waals surface area contributed by atoms with E-state index >= 15 is 0 Å². The summed E-state index contributed by atoms with van der Waals surface area (Å²) in [5.74, 6) is 0. The SMILES string of the molecule is C(CCN1CCN2CCCCC2C1)=C1c2ccccc2CCc2ccccc21. The van der Waals surface area contributed by atoms with Gasteiger partial charge in [-0.3, -0.25) is 4.90 Å². The fourth-order valence-electron chi connectivity index (χ4n) is 5.45. The second-order valence-corrected chi connectivity index (χ2v) is 8.71. The van der Waals surface area contributed by atoms with Crippen molar-refractivity contribution in [3.63, 3.8) is 0 Å². The molecular formula is C26H32N2. The van der Waals surface area contributed by atoms with E-state index < -0.39 is 0 Å². The molecule has 2 aromatic carbocycles. The van der Waals surface area contributed by atoms with E-state index in [4.69, 9.17) is 0 Å². The first kappa shape index (κ1) is 18.1. The highest BCUT2D eigenvalue weighted by Crippen LogP contribution is 2.33. The van der Waals surface area contributed by atoms with E-state index in [0.29, 0.717) is 0 Å². The summed E-state index contributed by atoms with van der Waals surface area (Å²) in [6.45, 7) is 6.31. The van der Waals surface area contributed by atoms with Gasteiger partial charge in [0.2, 0.25) is 0 Å². The van der Waals surface area contributed by atoms with Gasteiger partial charge in [0.15, 0.2) is 0 Å². The van der Waals surface area contributed by atoms with E-state index in [0.717, 1.165) is 25.3 Å². The first-order valence-corrected chi connectivity index (χ1v) is 11.2. The Hall–Kier alpha value is -1.90. The molecule has 2 saturated heterocycles. The van der Waals surface area contributed by atoms with Crippen LogP contribution in [0, 0.1) is 0 Å². The van der Waals surface area contributed by atoms with Gasteiger partial charge in [0.25, 0.3) is 0 Å². The van der Waals surface area contributed by atoms with Crippen molar-refractivity contribution in [3.8, 4) is 0 Å². The number of piperazine rings is 1. The van der Waals surface area contributed by atoms with Crippen molar-refractivity contribution in [3.05, 3.63) is 76.9 Å². The fraction of sp³-hybridized carbons (Fsp3) is 0.462. The van der Waals surface area contributed by atoms with Gasteiger partial charge < -0.3 is 4.90 Å². The summed E-state index contributed by atoms with van der Waals surface area (Å²) >= 11 is 0. The topological polar surface area (TPSA) is 6.48 Å². The van der Waals surface area contributed by atoms with Crippen LogP contribution >= 0.6 is 0 Å². The van der Waals surface area contributed by atoms with Crippen LogP contribution in [-0.4, -0.2) is 48.6 Å². The van der Waals surface area contributed by atoms with Gasteiger partial charge in [0.05, 0.1) is 0 Å². The van der Waals surface area contributed by atoms with E-state index in [9.17, 15) is 0 Å². The molecule has 2 heteroatoms. The summed E-state index contributed by atoms with van der Waals surface area (Å²) in [7, 11) is 0. The molecule has 1 atom stereocenters. The molecule has 1 unspecified atom stereocenters. The van der Waals surface area contributed by atoms with Gasteiger partial charge in [0, 0.05) is 32.2 Å². The molecule has 5 rings (SSSR count). The lowest BCUT2D eigenvalue weighted by atomic mass is 9.93. The van der Waals surface area contributed by atoms with E-state index in [1.807, 2.05) is 0 Å². The van der Waals surface area contributed by atoms with E-state index in [2.05, 4.69) is 64.4 Å². The summed E-state index contributed by atoms with van der Waals surface area (Å²) in [6.07, 6.45) is 10.2. The maximum absolute atomic E-state index is 2.73. The molecule has 146 valence electrons. The summed E-state index contributed by atoms with van der Waals surface area (Å²) in [6, 6.07) is 18.9. The molecule has 2 aliphatic heterocycles. The van der Waals surface area contributed by atoms with Crippen LogP contribution in [0.25, 0.3) is 5.57 Å². The second kappa shape index (κ2) is 8.23. The lowest BCUT2D eigenvalue weighted by Crippen LogP contribution is -2.54. The predicted octanol–water partition coefficient (Wildman–Crippen LogP) is 4.78. The highest BCUT2D eigenvalue weighted by Gasteiger charge is 2.28. The van der Waals surface area contributed by atoms with Crippen molar-refractivity contribution in [1.29, 1.82) is 0 Å². The molecule has 0 saturated carbocycles. The first-order chi connectivity index (χ1) is 13.9. The first-order valence-electron chi connectivity index (χ1n) is 11.2. The van der Waals surface area contributed by atoms with Crippen molar-refractivity contribution in [2.75, 3.05) is 32.7 Å². The molecule has 0 radical (unpaired) electrons. The standard InChI is InChI=1S/C26H32N2/c1-3-11-24-21(8-1)14-15-22-9-2-4-12-25(22)26(24)13-7-16-27-18-19-28-17-6-5-10-23(28)20-27/h1-4,8-9,11-13,23H,5-7,10,14-20H2. The van der Waals surface area contributed by atoms with E-state index in [1.165, 1.54) is 79.8 Å². The molecule has 28 heavy (non-hydrogen) atoms. The summed E-state index contributed by atoms with van der Waals surface area (Å²) in [4.78, 5) is 5.44. The zero-order chi connectivity index (χ0) is 18.8. The lowest BCUT2D eigenvalue weighted by molar-refractivity contribution is 0.0503.